The Morgan fingerprint density at radius 2 is 1.65 bits per heavy atom. The minimum Gasteiger partial charge on any atom is -0.348 e. The highest BCUT2D eigenvalue weighted by Crippen LogP contribution is 2.01. The third-order valence-corrected chi connectivity index (χ3v) is 5.33. The molecule has 1 amide bonds. The van der Waals surface area contributed by atoms with Gasteiger partial charge < -0.3 is 15.1 Å². The van der Waals surface area contributed by atoms with Crippen molar-refractivity contribution in [3.8, 4) is 0 Å². The van der Waals surface area contributed by atoms with Crippen LogP contribution in [0, 0.1) is 0 Å². The van der Waals surface area contributed by atoms with Gasteiger partial charge in [0.15, 0.2) is 6.54 Å². The lowest BCUT2D eigenvalue weighted by Crippen LogP contribution is -3.14. The Labute approximate surface area is 139 Å². The highest BCUT2D eigenvalue weighted by atomic mass is 16.2. The van der Waals surface area contributed by atoms with Crippen LogP contribution in [0.2, 0.25) is 0 Å². The second kappa shape index (κ2) is 8.46. The zero-order valence-corrected chi connectivity index (χ0v) is 14.2. The molecule has 0 aliphatic carbocycles. The van der Waals surface area contributed by atoms with Crippen LogP contribution in [0.4, 0.5) is 0 Å². The maximum Gasteiger partial charge on any atom is 0.275 e. The van der Waals surface area contributed by atoms with Crippen molar-refractivity contribution < 1.29 is 14.6 Å². The maximum atomic E-state index is 12.2. The zero-order chi connectivity index (χ0) is 15.9. The number of amides is 1. The van der Waals surface area contributed by atoms with E-state index in [0.717, 1.165) is 32.5 Å². The van der Waals surface area contributed by atoms with Crippen molar-refractivity contribution in [1.29, 1.82) is 0 Å². The largest absolute Gasteiger partial charge is 0.348 e. The SMILES string of the molecule is O=C(C[NH+]1CCCCC1)NC1CC[NH+](Cc2ccccc2)CC1. The van der Waals surface area contributed by atoms with Crippen LogP contribution in [0.3, 0.4) is 0 Å². The molecule has 126 valence electrons. The number of benzene rings is 1. The molecule has 3 rings (SSSR count). The molecule has 0 saturated carbocycles. The summed E-state index contributed by atoms with van der Waals surface area (Å²) in [6.45, 7) is 6.46. The summed E-state index contributed by atoms with van der Waals surface area (Å²) in [7, 11) is 0. The smallest absolute Gasteiger partial charge is 0.275 e. The second-order valence-electron chi connectivity index (χ2n) is 7.24. The number of rotatable bonds is 5. The summed E-state index contributed by atoms with van der Waals surface area (Å²) >= 11 is 0. The molecule has 2 aliphatic heterocycles. The van der Waals surface area contributed by atoms with Gasteiger partial charge in [0, 0.05) is 24.4 Å². The number of likely N-dealkylation sites (tertiary alicyclic amines) is 2. The molecule has 0 bridgehead atoms. The van der Waals surface area contributed by atoms with Crippen LogP contribution in [0.5, 0.6) is 0 Å². The molecule has 0 atom stereocenters. The van der Waals surface area contributed by atoms with Crippen molar-refractivity contribution in [2.24, 2.45) is 0 Å². The summed E-state index contributed by atoms with van der Waals surface area (Å²) in [6.07, 6.45) is 6.13. The van der Waals surface area contributed by atoms with Crippen LogP contribution in [-0.4, -0.2) is 44.7 Å². The first-order chi connectivity index (χ1) is 11.3. The molecule has 2 saturated heterocycles. The van der Waals surface area contributed by atoms with Gasteiger partial charge in [-0.3, -0.25) is 4.79 Å². The number of hydrogen-bond acceptors (Lipinski definition) is 1. The molecule has 23 heavy (non-hydrogen) atoms. The van der Waals surface area contributed by atoms with Crippen molar-refractivity contribution in [1.82, 2.24) is 5.32 Å². The van der Waals surface area contributed by atoms with Gasteiger partial charge in [0.05, 0.1) is 26.2 Å². The van der Waals surface area contributed by atoms with Crippen LogP contribution < -0.4 is 15.1 Å². The summed E-state index contributed by atoms with van der Waals surface area (Å²) in [6, 6.07) is 11.1. The molecule has 0 radical (unpaired) electrons. The summed E-state index contributed by atoms with van der Waals surface area (Å²) in [5.41, 5.74) is 1.42. The van der Waals surface area contributed by atoms with Crippen molar-refractivity contribution in [3.63, 3.8) is 0 Å². The third-order valence-electron chi connectivity index (χ3n) is 5.33. The molecule has 2 fully saturated rings. The average molecular weight is 317 g/mol. The average Bonchev–Trinajstić information content (AvgIpc) is 2.58. The summed E-state index contributed by atoms with van der Waals surface area (Å²) in [5.74, 6) is 0.262. The van der Waals surface area contributed by atoms with Gasteiger partial charge in [-0.1, -0.05) is 30.3 Å². The van der Waals surface area contributed by atoms with E-state index in [0.29, 0.717) is 12.6 Å². The van der Waals surface area contributed by atoms with Crippen molar-refractivity contribution in [3.05, 3.63) is 35.9 Å². The normalized spacial score (nSPS) is 25.9. The van der Waals surface area contributed by atoms with Crippen LogP contribution in [0.25, 0.3) is 0 Å². The maximum absolute atomic E-state index is 12.2. The Hall–Kier alpha value is -1.39. The number of quaternary nitrogens is 2. The standard InChI is InChI=1S/C19H29N3O/c23-19(16-21-11-5-2-6-12-21)20-18-9-13-22(14-10-18)15-17-7-3-1-4-8-17/h1,3-4,7-8,18H,2,5-6,9-16H2,(H,20,23)/p+2. The van der Waals surface area contributed by atoms with E-state index >= 15 is 0 Å². The molecular formula is C19H31N3O+2. The molecule has 1 aromatic rings. The molecule has 2 aliphatic rings. The molecule has 3 N–H and O–H groups in total. The Kier molecular flexibility index (Phi) is 6.06. The van der Waals surface area contributed by atoms with Crippen LogP contribution >= 0.6 is 0 Å². The van der Waals surface area contributed by atoms with Gasteiger partial charge in [0.25, 0.3) is 5.91 Å². The van der Waals surface area contributed by atoms with E-state index in [1.54, 1.807) is 4.90 Å². The van der Waals surface area contributed by atoms with Crippen LogP contribution in [0.15, 0.2) is 30.3 Å². The fraction of sp³-hybridized carbons (Fsp3) is 0.632. The number of nitrogens with one attached hydrogen (secondary N) is 3. The second-order valence-corrected chi connectivity index (χ2v) is 7.24. The molecule has 4 nitrogen and oxygen atoms in total. The number of carbonyl (C=O) groups excluding carboxylic acids is 1. The minimum absolute atomic E-state index is 0.262. The van der Waals surface area contributed by atoms with Gasteiger partial charge in [0.2, 0.25) is 0 Å². The quantitative estimate of drug-likeness (QED) is 0.668. The Balaban J connectivity index is 1.36. The molecule has 1 aromatic carbocycles. The highest BCUT2D eigenvalue weighted by Gasteiger charge is 2.25. The molecule has 2 heterocycles. The van der Waals surface area contributed by atoms with E-state index in [1.807, 2.05) is 0 Å². The van der Waals surface area contributed by atoms with Crippen molar-refractivity contribution in [2.75, 3.05) is 32.7 Å². The predicted octanol–water partition coefficient (Wildman–Crippen LogP) is -0.581. The summed E-state index contributed by atoms with van der Waals surface area (Å²) in [4.78, 5) is 15.3. The first-order valence-electron chi connectivity index (χ1n) is 9.30. The van der Waals surface area contributed by atoms with Gasteiger partial charge in [-0.25, -0.2) is 0 Å². The monoisotopic (exact) mass is 317 g/mol. The first-order valence-corrected chi connectivity index (χ1v) is 9.30. The molecule has 4 heteroatoms. The summed E-state index contributed by atoms with van der Waals surface area (Å²) < 4.78 is 0. The lowest BCUT2D eigenvalue weighted by molar-refractivity contribution is -0.918. The fourth-order valence-corrected chi connectivity index (χ4v) is 3.97. The van der Waals surface area contributed by atoms with E-state index in [4.69, 9.17) is 0 Å². The third kappa shape index (κ3) is 5.33. The van der Waals surface area contributed by atoms with E-state index in [9.17, 15) is 4.79 Å². The minimum atomic E-state index is 0.262. The molecule has 0 aromatic heterocycles. The molecule has 0 spiro atoms. The number of hydrogen-bond donors (Lipinski definition) is 3. The van der Waals surface area contributed by atoms with Gasteiger partial charge >= 0.3 is 0 Å². The molecule has 0 unspecified atom stereocenters. The topological polar surface area (TPSA) is 38.0 Å². The van der Waals surface area contributed by atoms with Gasteiger partial charge in [-0.2, -0.15) is 0 Å². The van der Waals surface area contributed by atoms with Crippen molar-refractivity contribution >= 4 is 5.91 Å². The summed E-state index contributed by atoms with van der Waals surface area (Å²) in [5, 5.41) is 3.28. The zero-order valence-electron chi connectivity index (χ0n) is 14.2. The van der Waals surface area contributed by atoms with Crippen LogP contribution in [-0.2, 0) is 11.3 Å². The van der Waals surface area contributed by atoms with E-state index in [-0.39, 0.29) is 5.91 Å². The van der Waals surface area contributed by atoms with E-state index < -0.39 is 0 Å². The van der Waals surface area contributed by atoms with Crippen LogP contribution in [0.1, 0.15) is 37.7 Å². The molecular weight excluding hydrogens is 286 g/mol. The van der Waals surface area contributed by atoms with Gasteiger partial charge in [0.1, 0.15) is 6.54 Å². The highest BCUT2D eigenvalue weighted by molar-refractivity contribution is 5.77. The predicted molar refractivity (Wildman–Crippen MR) is 91.4 cm³/mol. The van der Waals surface area contributed by atoms with Gasteiger partial charge in [-0.15, -0.1) is 0 Å². The Bertz CT molecular complexity index is 477. The van der Waals surface area contributed by atoms with E-state index in [2.05, 4.69) is 35.6 Å². The van der Waals surface area contributed by atoms with E-state index in [1.165, 1.54) is 42.8 Å². The fourth-order valence-electron chi connectivity index (χ4n) is 3.97. The number of carbonyl (C=O) groups is 1. The number of piperidine rings is 2. The Morgan fingerprint density at radius 1 is 0.957 bits per heavy atom. The Morgan fingerprint density at radius 3 is 2.35 bits per heavy atom. The lowest BCUT2D eigenvalue weighted by Gasteiger charge is -2.30. The van der Waals surface area contributed by atoms with Crippen molar-refractivity contribution in [2.45, 2.75) is 44.7 Å². The lowest BCUT2D eigenvalue weighted by atomic mass is 10.0. The van der Waals surface area contributed by atoms with Gasteiger partial charge in [-0.05, 0) is 19.3 Å². The first kappa shape index (κ1) is 16.5.